The average molecular weight is 404 g/mol. The molecule has 0 aromatic heterocycles. The minimum atomic E-state index is -2.64. The molecule has 4 aromatic carbocycles. The Kier molecular flexibility index (Phi) is 5.56. The number of aryl methyl sites for hydroxylation is 1. The van der Waals surface area contributed by atoms with Crippen molar-refractivity contribution in [3.05, 3.63) is 126 Å². The summed E-state index contributed by atoms with van der Waals surface area (Å²) >= 11 is 0. The second kappa shape index (κ2) is 8.27. The molecule has 3 heteroatoms. The molecule has 29 heavy (non-hydrogen) atoms. The fraction of sp³-hybridized carbons (Fsp3) is 0.0769. The molecule has 0 saturated heterocycles. The summed E-state index contributed by atoms with van der Waals surface area (Å²) in [6, 6.07) is 34.2. The van der Waals surface area contributed by atoms with E-state index in [1.54, 1.807) is 19.1 Å². The molecule has 0 atom stereocenters. The molecule has 0 fully saturated rings. The molecule has 0 heterocycles. The first-order chi connectivity index (χ1) is 14.1. The topological polar surface area (TPSA) is 0 Å². The Bertz CT molecular complexity index is 997. The number of hydrogen-bond donors (Lipinski definition) is 0. The zero-order chi connectivity index (χ0) is 20.3. The summed E-state index contributed by atoms with van der Waals surface area (Å²) in [6.45, 7) is 1.60. The van der Waals surface area contributed by atoms with Gasteiger partial charge in [0, 0.05) is 0 Å². The SMILES string of the molecule is Cc1ccc(C[PH](c2ccccc2)(c2ccccc2)c2ccccc2)c(F)c1F. The van der Waals surface area contributed by atoms with Gasteiger partial charge in [-0.3, -0.25) is 0 Å². The summed E-state index contributed by atoms with van der Waals surface area (Å²) in [6.07, 6.45) is 0.452. The van der Waals surface area contributed by atoms with Crippen molar-refractivity contribution in [3.63, 3.8) is 0 Å². The number of benzene rings is 4. The van der Waals surface area contributed by atoms with E-state index in [2.05, 4.69) is 36.4 Å². The Morgan fingerprint density at radius 1 is 0.552 bits per heavy atom. The van der Waals surface area contributed by atoms with Crippen LogP contribution in [0, 0.1) is 18.6 Å². The molecule has 0 aliphatic carbocycles. The number of hydrogen-bond acceptors (Lipinski definition) is 0. The van der Waals surface area contributed by atoms with Gasteiger partial charge in [-0.2, -0.15) is 0 Å². The molecule has 0 saturated carbocycles. The van der Waals surface area contributed by atoms with Gasteiger partial charge >= 0.3 is 171 Å². The van der Waals surface area contributed by atoms with Crippen molar-refractivity contribution in [2.75, 3.05) is 0 Å². The second-order valence-electron chi connectivity index (χ2n) is 7.35. The van der Waals surface area contributed by atoms with Crippen LogP contribution in [0.15, 0.2) is 103 Å². The van der Waals surface area contributed by atoms with Crippen LogP contribution in [0.3, 0.4) is 0 Å². The number of rotatable bonds is 5. The summed E-state index contributed by atoms with van der Waals surface area (Å²) in [4.78, 5) is 0. The zero-order valence-electron chi connectivity index (χ0n) is 16.3. The van der Waals surface area contributed by atoms with Crippen molar-refractivity contribution in [3.8, 4) is 0 Å². The van der Waals surface area contributed by atoms with Crippen molar-refractivity contribution in [1.29, 1.82) is 0 Å². The first-order valence-corrected chi connectivity index (χ1v) is 11.9. The predicted octanol–water partition coefficient (Wildman–Crippen LogP) is 5.50. The quantitative estimate of drug-likeness (QED) is 0.386. The van der Waals surface area contributed by atoms with Gasteiger partial charge in [0.2, 0.25) is 0 Å². The van der Waals surface area contributed by atoms with E-state index >= 15 is 0 Å². The fourth-order valence-corrected chi connectivity index (χ4v) is 8.82. The Labute approximate surface area is 171 Å². The fourth-order valence-electron chi connectivity index (χ4n) is 4.08. The average Bonchev–Trinajstić information content (AvgIpc) is 2.79. The molecule has 4 rings (SSSR count). The van der Waals surface area contributed by atoms with Crippen molar-refractivity contribution < 1.29 is 8.78 Å². The van der Waals surface area contributed by atoms with E-state index in [4.69, 9.17) is 0 Å². The molecule has 0 unspecified atom stereocenters. The van der Waals surface area contributed by atoms with Gasteiger partial charge in [0.1, 0.15) is 0 Å². The molecular weight excluding hydrogens is 381 g/mol. The first-order valence-electron chi connectivity index (χ1n) is 9.73. The van der Waals surface area contributed by atoms with E-state index in [1.807, 2.05) is 54.6 Å². The van der Waals surface area contributed by atoms with Crippen LogP contribution in [0.25, 0.3) is 0 Å². The Hall–Kier alpha value is -2.83. The van der Waals surface area contributed by atoms with Crippen molar-refractivity contribution >= 4 is 23.2 Å². The summed E-state index contributed by atoms with van der Waals surface area (Å²) < 4.78 is 29.4. The summed E-state index contributed by atoms with van der Waals surface area (Å²) in [5.74, 6) is -1.48. The zero-order valence-corrected chi connectivity index (χ0v) is 17.3. The Balaban J connectivity index is 2.02. The maximum atomic E-state index is 15.0. The summed E-state index contributed by atoms with van der Waals surface area (Å²) in [5.41, 5.74) is 0.758. The minimum absolute atomic E-state index is 0.331. The molecule has 0 bridgehead atoms. The van der Waals surface area contributed by atoms with Gasteiger partial charge < -0.3 is 0 Å². The molecule has 0 radical (unpaired) electrons. The number of halogens is 2. The molecule has 0 aliphatic rings. The van der Waals surface area contributed by atoms with E-state index < -0.39 is 18.9 Å². The third kappa shape index (κ3) is 3.61. The van der Waals surface area contributed by atoms with E-state index in [0.717, 1.165) is 0 Å². The van der Waals surface area contributed by atoms with Crippen LogP contribution < -0.4 is 15.9 Å². The van der Waals surface area contributed by atoms with Crippen molar-refractivity contribution in [2.24, 2.45) is 0 Å². The van der Waals surface area contributed by atoms with Crippen LogP contribution in [0.4, 0.5) is 8.78 Å². The molecular formula is C26H23F2P. The van der Waals surface area contributed by atoms with Crippen molar-refractivity contribution in [1.82, 2.24) is 0 Å². The van der Waals surface area contributed by atoms with Crippen LogP contribution in [-0.2, 0) is 6.16 Å². The Morgan fingerprint density at radius 3 is 1.38 bits per heavy atom. The van der Waals surface area contributed by atoms with E-state index in [1.165, 1.54) is 15.9 Å². The molecule has 0 spiro atoms. The maximum absolute atomic E-state index is 15.0. The first kappa shape index (κ1) is 19.5. The van der Waals surface area contributed by atoms with Gasteiger partial charge in [-0.15, -0.1) is 0 Å². The van der Waals surface area contributed by atoms with E-state index in [0.29, 0.717) is 17.3 Å². The monoisotopic (exact) mass is 404 g/mol. The van der Waals surface area contributed by atoms with Gasteiger partial charge in [0.25, 0.3) is 0 Å². The molecule has 0 nitrogen and oxygen atoms in total. The van der Waals surface area contributed by atoms with Gasteiger partial charge in [-0.25, -0.2) is 0 Å². The van der Waals surface area contributed by atoms with E-state index in [-0.39, 0.29) is 0 Å². The summed E-state index contributed by atoms with van der Waals surface area (Å²) in [7, 11) is -2.64. The van der Waals surface area contributed by atoms with Gasteiger partial charge in [0.15, 0.2) is 0 Å². The molecule has 0 N–H and O–H groups in total. The van der Waals surface area contributed by atoms with Crippen molar-refractivity contribution in [2.45, 2.75) is 13.1 Å². The van der Waals surface area contributed by atoms with Gasteiger partial charge in [-0.05, 0) is 0 Å². The Morgan fingerprint density at radius 2 is 0.966 bits per heavy atom. The molecule has 0 amide bonds. The van der Waals surface area contributed by atoms with Gasteiger partial charge in [0.05, 0.1) is 0 Å². The molecule has 146 valence electrons. The molecule has 4 aromatic rings. The predicted molar refractivity (Wildman–Crippen MR) is 121 cm³/mol. The van der Waals surface area contributed by atoms with Crippen LogP contribution in [0.2, 0.25) is 0 Å². The van der Waals surface area contributed by atoms with Crippen LogP contribution in [0.1, 0.15) is 11.1 Å². The van der Waals surface area contributed by atoms with Crippen LogP contribution in [-0.4, -0.2) is 0 Å². The standard InChI is InChI=1S/C26H23F2P/c1-20-17-18-21(26(28)25(20)27)19-29(22-11-5-2-6-12-22,23-13-7-3-8-14-23)24-15-9-4-10-16-24/h2-18,29H,19H2,1H3. The van der Waals surface area contributed by atoms with Crippen LogP contribution >= 0.6 is 7.26 Å². The van der Waals surface area contributed by atoms with E-state index in [9.17, 15) is 8.78 Å². The summed E-state index contributed by atoms with van der Waals surface area (Å²) in [5, 5.41) is 3.54. The third-order valence-corrected chi connectivity index (χ3v) is 10.5. The van der Waals surface area contributed by atoms with Gasteiger partial charge in [-0.1, -0.05) is 0 Å². The third-order valence-electron chi connectivity index (χ3n) is 5.61. The molecule has 0 aliphatic heterocycles. The second-order valence-corrected chi connectivity index (χ2v) is 11.2. The van der Waals surface area contributed by atoms with Crippen LogP contribution in [0.5, 0.6) is 0 Å². The normalized spacial score (nSPS) is 12.0.